The van der Waals surface area contributed by atoms with Crippen molar-refractivity contribution in [3.05, 3.63) is 11.6 Å². The molecule has 2 N–H and O–H groups in total. The van der Waals surface area contributed by atoms with Crippen molar-refractivity contribution in [1.29, 1.82) is 0 Å². The lowest BCUT2D eigenvalue weighted by Crippen LogP contribution is -2.51. The summed E-state index contributed by atoms with van der Waals surface area (Å²) in [7, 11) is 0. The Balaban J connectivity index is 1.66. The van der Waals surface area contributed by atoms with Crippen LogP contribution in [0.1, 0.15) is 72.1 Å². The first kappa shape index (κ1) is 15.9. The number of nitrogens with two attached hydrogens (primary N) is 1. The second-order valence-electron chi connectivity index (χ2n) is 9.55. The van der Waals surface area contributed by atoms with Crippen molar-refractivity contribution < 1.29 is 4.79 Å². The zero-order chi connectivity index (χ0) is 16.4. The molecule has 0 aromatic rings. The maximum absolute atomic E-state index is 12.2. The molecule has 2 nitrogen and oxygen atoms in total. The lowest BCUT2D eigenvalue weighted by Gasteiger charge is -2.58. The van der Waals surface area contributed by atoms with Crippen molar-refractivity contribution in [3.8, 4) is 0 Å². The fourth-order valence-corrected chi connectivity index (χ4v) is 7.36. The summed E-state index contributed by atoms with van der Waals surface area (Å²) in [6.45, 7) is 6.79. The molecule has 23 heavy (non-hydrogen) atoms. The summed E-state index contributed by atoms with van der Waals surface area (Å²) in [6.07, 6.45) is 12.4. The molecule has 4 aliphatic carbocycles. The van der Waals surface area contributed by atoms with Crippen LogP contribution in [0.5, 0.6) is 0 Å². The van der Waals surface area contributed by atoms with Crippen molar-refractivity contribution in [2.45, 2.75) is 78.2 Å². The average Bonchev–Trinajstić information content (AvgIpc) is 2.85. The topological polar surface area (TPSA) is 43.1 Å². The third kappa shape index (κ3) is 2.13. The van der Waals surface area contributed by atoms with Crippen LogP contribution in [0.25, 0.3) is 0 Å². The summed E-state index contributed by atoms with van der Waals surface area (Å²) in [6, 6.07) is 0.383. The number of allylic oxidation sites excluding steroid dienone is 1. The molecule has 0 radical (unpaired) electrons. The molecule has 0 aromatic carbocycles. The SMILES string of the molecule is CC(=O)[C@H]1CCC2C3CC=C4CC(N)CC[C@]4(C)C3CC[C@@]21C. The van der Waals surface area contributed by atoms with Gasteiger partial charge in [0.1, 0.15) is 5.78 Å². The fraction of sp³-hybridized carbons (Fsp3) is 0.857. The van der Waals surface area contributed by atoms with E-state index in [0.29, 0.717) is 23.2 Å². The molecular weight excluding hydrogens is 282 g/mol. The van der Waals surface area contributed by atoms with Gasteiger partial charge in [-0.15, -0.1) is 0 Å². The minimum Gasteiger partial charge on any atom is -0.327 e. The molecule has 7 atom stereocenters. The van der Waals surface area contributed by atoms with Crippen molar-refractivity contribution >= 4 is 5.78 Å². The molecule has 3 fully saturated rings. The Hall–Kier alpha value is -0.630. The fourth-order valence-electron chi connectivity index (χ4n) is 7.36. The highest BCUT2D eigenvalue weighted by atomic mass is 16.1. The molecule has 0 amide bonds. The zero-order valence-electron chi connectivity index (χ0n) is 15.1. The zero-order valence-corrected chi connectivity index (χ0v) is 15.1. The van der Waals surface area contributed by atoms with Crippen LogP contribution in [0.15, 0.2) is 11.6 Å². The third-order valence-corrected chi connectivity index (χ3v) is 8.63. The molecule has 0 heterocycles. The van der Waals surface area contributed by atoms with Crippen LogP contribution in [-0.2, 0) is 4.79 Å². The predicted octanol–water partition coefficient (Wildman–Crippen LogP) is 4.48. The Morgan fingerprint density at radius 1 is 1.13 bits per heavy atom. The van der Waals surface area contributed by atoms with E-state index in [2.05, 4.69) is 19.9 Å². The maximum Gasteiger partial charge on any atom is 0.133 e. The molecule has 4 aliphatic rings. The lowest BCUT2D eigenvalue weighted by atomic mass is 9.47. The van der Waals surface area contributed by atoms with Crippen LogP contribution in [0.2, 0.25) is 0 Å². The summed E-state index contributed by atoms with van der Waals surface area (Å²) < 4.78 is 0. The van der Waals surface area contributed by atoms with Gasteiger partial charge >= 0.3 is 0 Å². The first-order valence-electron chi connectivity index (χ1n) is 9.82. The molecule has 0 saturated heterocycles. The van der Waals surface area contributed by atoms with E-state index < -0.39 is 0 Å². The smallest absolute Gasteiger partial charge is 0.133 e. The van der Waals surface area contributed by atoms with E-state index in [1.807, 2.05) is 6.92 Å². The quantitative estimate of drug-likeness (QED) is 0.725. The van der Waals surface area contributed by atoms with E-state index in [0.717, 1.165) is 30.6 Å². The van der Waals surface area contributed by atoms with Gasteiger partial charge in [0.25, 0.3) is 0 Å². The molecular formula is C21H33NO. The lowest BCUT2D eigenvalue weighted by molar-refractivity contribution is -0.127. The second kappa shape index (κ2) is 5.18. The highest BCUT2D eigenvalue weighted by Crippen LogP contribution is 2.66. The third-order valence-electron chi connectivity index (χ3n) is 8.63. The summed E-state index contributed by atoms with van der Waals surface area (Å²) in [5.74, 6) is 3.17. The monoisotopic (exact) mass is 315 g/mol. The first-order valence-corrected chi connectivity index (χ1v) is 9.82. The second-order valence-corrected chi connectivity index (χ2v) is 9.55. The maximum atomic E-state index is 12.2. The molecule has 3 saturated carbocycles. The molecule has 4 unspecified atom stereocenters. The molecule has 0 spiro atoms. The van der Waals surface area contributed by atoms with E-state index in [1.54, 1.807) is 5.57 Å². The Morgan fingerprint density at radius 3 is 2.65 bits per heavy atom. The summed E-state index contributed by atoms with van der Waals surface area (Å²) in [4.78, 5) is 12.2. The number of carbonyl (C=O) groups is 1. The highest BCUT2D eigenvalue weighted by molar-refractivity contribution is 5.79. The summed E-state index contributed by atoms with van der Waals surface area (Å²) in [5.41, 5.74) is 8.59. The van der Waals surface area contributed by atoms with Gasteiger partial charge < -0.3 is 5.73 Å². The van der Waals surface area contributed by atoms with Crippen LogP contribution in [-0.4, -0.2) is 11.8 Å². The van der Waals surface area contributed by atoms with Crippen molar-refractivity contribution in [1.82, 2.24) is 0 Å². The van der Waals surface area contributed by atoms with Crippen LogP contribution in [0, 0.1) is 34.5 Å². The van der Waals surface area contributed by atoms with Gasteiger partial charge in [0.05, 0.1) is 0 Å². The number of Topliss-reactive ketones (excluding diaryl/α,β-unsaturated/α-hetero) is 1. The predicted molar refractivity (Wildman–Crippen MR) is 93.8 cm³/mol. The number of fused-ring (bicyclic) bond motifs is 5. The molecule has 0 aliphatic heterocycles. The van der Waals surface area contributed by atoms with Crippen LogP contribution in [0.4, 0.5) is 0 Å². The van der Waals surface area contributed by atoms with Crippen LogP contribution >= 0.6 is 0 Å². The number of ketones is 1. The van der Waals surface area contributed by atoms with Crippen molar-refractivity contribution in [3.63, 3.8) is 0 Å². The largest absolute Gasteiger partial charge is 0.327 e. The first-order chi connectivity index (χ1) is 10.9. The Morgan fingerprint density at radius 2 is 1.91 bits per heavy atom. The van der Waals surface area contributed by atoms with Crippen molar-refractivity contribution in [2.75, 3.05) is 0 Å². The number of hydrogen-bond acceptors (Lipinski definition) is 2. The summed E-state index contributed by atoms with van der Waals surface area (Å²) in [5, 5.41) is 0. The van der Waals surface area contributed by atoms with Gasteiger partial charge in [-0.2, -0.15) is 0 Å². The summed E-state index contributed by atoms with van der Waals surface area (Å²) >= 11 is 0. The normalized spacial score (nSPS) is 52.2. The molecule has 0 bridgehead atoms. The molecule has 2 heteroatoms. The molecule has 128 valence electrons. The minimum atomic E-state index is 0.278. The van der Waals surface area contributed by atoms with Gasteiger partial charge in [-0.3, -0.25) is 4.79 Å². The number of hydrogen-bond donors (Lipinski definition) is 1. The van der Waals surface area contributed by atoms with E-state index in [1.165, 1.54) is 38.5 Å². The van der Waals surface area contributed by atoms with Crippen LogP contribution < -0.4 is 5.73 Å². The highest BCUT2D eigenvalue weighted by Gasteiger charge is 2.59. The van der Waals surface area contributed by atoms with Crippen LogP contribution in [0.3, 0.4) is 0 Å². The number of rotatable bonds is 1. The van der Waals surface area contributed by atoms with Gasteiger partial charge in [0.2, 0.25) is 0 Å². The average molecular weight is 316 g/mol. The Bertz CT molecular complexity index is 552. The van der Waals surface area contributed by atoms with Gasteiger partial charge in [-0.1, -0.05) is 25.5 Å². The van der Waals surface area contributed by atoms with Gasteiger partial charge in [-0.05, 0) is 86.9 Å². The van der Waals surface area contributed by atoms with Crippen molar-refractivity contribution in [2.24, 2.45) is 40.2 Å². The standard InChI is InChI=1S/C21H33NO/c1-13(23)17-6-7-18-16-5-4-14-12-15(22)8-10-20(14,2)19(16)9-11-21(17,18)3/h4,15-19H,5-12,22H2,1-3H3/t15?,16?,17-,18?,19?,20+,21-/m1/s1. The van der Waals surface area contributed by atoms with E-state index in [-0.39, 0.29) is 5.41 Å². The Kier molecular flexibility index (Phi) is 3.58. The van der Waals surface area contributed by atoms with E-state index in [9.17, 15) is 4.79 Å². The van der Waals surface area contributed by atoms with Gasteiger partial charge in [0.15, 0.2) is 0 Å². The molecule has 0 aromatic heterocycles. The Labute approximate surface area is 141 Å². The van der Waals surface area contributed by atoms with E-state index >= 15 is 0 Å². The van der Waals surface area contributed by atoms with Gasteiger partial charge in [0, 0.05) is 12.0 Å². The minimum absolute atomic E-state index is 0.278. The van der Waals surface area contributed by atoms with Gasteiger partial charge in [-0.25, -0.2) is 0 Å². The van der Waals surface area contributed by atoms with E-state index in [4.69, 9.17) is 5.73 Å². The molecule has 4 rings (SSSR count). The number of carbonyl (C=O) groups excluding carboxylic acids is 1.